The number of nitrogens with one attached hydrogen (secondary N) is 2. The largest absolute Gasteiger partial charge is 0.383 e. The lowest BCUT2D eigenvalue weighted by atomic mass is 9.84. The van der Waals surface area contributed by atoms with E-state index in [0.29, 0.717) is 0 Å². The van der Waals surface area contributed by atoms with Gasteiger partial charge in [0, 0.05) is 32.8 Å². The molecule has 2 aromatic carbocycles. The summed E-state index contributed by atoms with van der Waals surface area (Å²) in [6, 6.07) is 17.2. The van der Waals surface area contributed by atoms with E-state index in [1.165, 1.54) is 22.3 Å². The Morgan fingerprint density at radius 2 is 1.46 bits per heavy atom. The fraction of sp³-hybridized carbons (Fsp3) is 0.500. The normalized spacial score (nSPS) is 25.9. The summed E-state index contributed by atoms with van der Waals surface area (Å²) in [5, 5.41) is 7.06. The van der Waals surface area contributed by atoms with Crippen molar-refractivity contribution in [2.45, 2.75) is 44.3 Å². The molecule has 0 saturated carbocycles. The summed E-state index contributed by atoms with van der Waals surface area (Å²) < 4.78 is 10.5. The first kappa shape index (κ1) is 21.0. The quantitative estimate of drug-likeness (QED) is 0.850. The van der Waals surface area contributed by atoms with E-state index >= 15 is 0 Å². The standard InChI is InChI=1S/2C12H17NO/c1-12(9-14-2)7-10-5-3-4-6-11(10)8-13-12;1-12(9-14-2)11-6-4-3-5-10(11)7-8-13-12/h2*3-6,13H,7-9H2,1-2H3. The van der Waals surface area contributed by atoms with Crippen LogP contribution in [0.25, 0.3) is 0 Å². The van der Waals surface area contributed by atoms with Crippen molar-refractivity contribution in [1.82, 2.24) is 10.6 Å². The van der Waals surface area contributed by atoms with E-state index in [1.807, 2.05) is 0 Å². The van der Waals surface area contributed by atoms with Gasteiger partial charge >= 0.3 is 0 Å². The van der Waals surface area contributed by atoms with Crippen molar-refractivity contribution in [3.05, 3.63) is 70.8 Å². The number of hydrogen-bond acceptors (Lipinski definition) is 4. The maximum atomic E-state index is 5.28. The highest BCUT2D eigenvalue weighted by Gasteiger charge is 2.31. The second-order valence-corrected chi connectivity index (χ2v) is 8.39. The maximum absolute atomic E-state index is 5.28. The first-order valence-corrected chi connectivity index (χ1v) is 10.1. The predicted molar refractivity (Wildman–Crippen MR) is 115 cm³/mol. The minimum Gasteiger partial charge on any atom is -0.383 e. The Hall–Kier alpha value is -1.72. The second-order valence-electron chi connectivity index (χ2n) is 8.39. The number of fused-ring (bicyclic) bond motifs is 2. The van der Waals surface area contributed by atoms with Gasteiger partial charge in [-0.25, -0.2) is 0 Å². The Morgan fingerprint density at radius 3 is 2.18 bits per heavy atom. The third-order valence-electron chi connectivity index (χ3n) is 5.82. The molecule has 0 aromatic heterocycles. The van der Waals surface area contributed by atoms with Crippen molar-refractivity contribution < 1.29 is 9.47 Å². The monoisotopic (exact) mass is 382 g/mol. The highest BCUT2D eigenvalue weighted by Crippen LogP contribution is 2.28. The maximum Gasteiger partial charge on any atom is 0.0683 e. The highest BCUT2D eigenvalue weighted by atomic mass is 16.5. The van der Waals surface area contributed by atoms with E-state index in [4.69, 9.17) is 9.47 Å². The van der Waals surface area contributed by atoms with E-state index in [-0.39, 0.29) is 11.1 Å². The van der Waals surface area contributed by atoms with E-state index in [9.17, 15) is 0 Å². The molecule has 2 N–H and O–H groups in total. The van der Waals surface area contributed by atoms with Crippen molar-refractivity contribution in [2.24, 2.45) is 0 Å². The minimum atomic E-state index is -0.0103. The van der Waals surface area contributed by atoms with Crippen LogP contribution in [0.4, 0.5) is 0 Å². The predicted octanol–water partition coefficient (Wildman–Crippen LogP) is 3.43. The van der Waals surface area contributed by atoms with Crippen LogP contribution >= 0.6 is 0 Å². The Bertz CT molecular complexity index is 779. The van der Waals surface area contributed by atoms with Gasteiger partial charge in [-0.1, -0.05) is 48.5 Å². The first-order valence-electron chi connectivity index (χ1n) is 10.1. The number of benzene rings is 2. The SMILES string of the molecule is COCC1(C)Cc2ccccc2CN1.COCC1(C)NCCc2ccccc21. The van der Waals surface area contributed by atoms with Crippen LogP contribution in [0.1, 0.15) is 36.1 Å². The average molecular weight is 383 g/mol. The summed E-state index contributed by atoms with van der Waals surface area (Å²) in [6.07, 6.45) is 2.17. The Kier molecular flexibility index (Phi) is 6.89. The lowest BCUT2D eigenvalue weighted by Gasteiger charge is -2.36. The Balaban J connectivity index is 0.000000161. The number of ether oxygens (including phenoxy) is 2. The smallest absolute Gasteiger partial charge is 0.0683 e. The molecular weight excluding hydrogens is 348 g/mol. The summed E-state index contributed by atoms with van der Waals surface area (Å²) >= 11 is 0. The summed E-state index contributed by atoms with van der Waals surface area (Å²) in [5.41, 5.74) is 5.79. The van der Waals surface area contributed by atoms with Crippen molar-refractivity contribution in [1.29, 1.82) is 0 Å². The van der Waals surface area contributed by atoms with Gasteiger partial charge in [-0.2, -0.15) is 0 Å². The highest BCUT2D eigenvalue weighted by molar-refractivity contribution is 5.36. The second kappa shape index (κ2) is 9.19. The van der Waals surface area contributed by atoms with E-state index in [1.54, 1.807) is 14.2 Å². The molecule has 2 heterocycles. The fourth-order valence-corrected chi connectivity index (χ4v) is 4.38. The molecule has 2 aliphatic rings. The van der Waals surface area contributed by atoms with Crippen LogP contribution < -0.4 is 10.6 Å². The number of rotatable bonds is 4. The van der Waals surface area contributed by atoms with Crippen LogP contribution in [0.3, 0.4) is 0 Å². The zero-order valence-electron chi connectivity index (χ0n) is 17.7. The lowest BCUT2D eigenvalue weighted by molar-refractivity contribution is 0.113. The minimum absolute atomic E-state index is 0.0103. The van der Waals surface area contributed by atoms with Gasteiger partial charge in [0.2, 0.25) is 0 Å². The molecule has 0 amide bonds. The molecular formula is C24H34N2O2. The summed E-state index contributed by atoms with van der Waals surface area (Å²) in [7, 11) is 3.51. The molecule has 0 aliphatic carbocycles. The molecule has 4 rings (SSSR count). The lowest BCUT2D eigenvalue weighted by Crippen LogP contribution is -2.50. The molecule has 4 nitrogen and oxygen atoms in total. The topological polar surface area (TPSA) is 42.5 Å². The van der Waals surface area contributed by atoms with Crippen LogP contribution in [0.15, 0.2) is 48.5 Å². The summed E-state index contributed by atoms with van der Waals surface area (Å²) in [5.74, 6) is 0. The van der Waals surface area contributed by atoms with Gasteiger partial charge in [0.25, 0.3) is 0 Å². The Morgan fingerprint density at radius 1 is 0.821 bits per heavy atom. The molecule has 2 aromatic rings. The van der Waals surface area contributed by atoms with Gasteiger partial charge < -0.3 is 20.1 Å². The van der Waals surface area contributed by atoms with Gasteiger partial charge in [-0.05, 0) is 48.9 Å². The molecule has 2 atom stereocenters. The average Bonchev–Trinajstić information content (AvgIpc) is 2.69. The molecule has 28 heavy (non-hydrogen) atoms. The summed E-state index contributed by atoms with van der Waals surface area (Å²) in [4.78, 5) is 0. The third kappa shape index (κ3) is 4.81. The van der Waals surface area contributed by atoms with Crippen molar-refractivity contribution in [3.8, 4) is 0 Å². The van der Waals surface area contributed by atoms with Crippen LogP contribution in [0.5, 0.6) is 0 Å². The molecule has 0 spiro atoms. The number of hydrogen-bond donors (Lipinski definition) is 2. The van der Waals surface area contributed by atoms with Gasteiger partial charge in [-0.3, -0.25) is 0 Å². The van der Waals surface area contributed by atoms with Crippen molar-refractivity contribution in [2.75, 3.05) is 34.0 Å². The molecule has 0 saturated heterocycles. The first-order chi connectivity index (χ1) is 13.5. The van der Waals surface area contributed by atoms with Gasteiger partial charge in [0.15, 0.2) is 0 Å². The fourth-order valence-electron chi connectivity index (χ4n) is 4.38. The van der Waals surface area contributed by atoms with E-state index < -0.39 is 0 Å². The van der Waals surface area contributed by atoms with Gasteiger partial charge in [-0.15, -0.1) is 0 Å². The van der Waals surface area contributed by atoms with Crippen LogP contribution in [-0.2, 0) is 34.4 Å². The van der Waals surface area contributed by atoms with Gasteiger partial charge in [0.1, 0.15) is 0 Å². The molecule has 0 fully saturated rings. The molecule has 2 aliphatic heterocycles. The zero-order chi connectivity index (χ0) is 20.0. The molecule has 152 valence electrons. The van der Waals surface area contributed by atoms with E-state index in [0.717, 1.165) is 39.1 Å². The van der Waals surface area contributed by atoms with Crippen LogP contribution in [-0.4, -0.2) is 39.5 Å². The molecule has 2 unspecified atom stereocenters. The molecule has 4 heteroatoms. The van der Waals surface area contributed by atoms with Crippen molar-refractivity contribution >= 4 is 0 Å². The van der Waals surface area contributed by atoms with Crippen molar-refractivity contribution in [3.63, 3.8) is 0 Å². The molecule has 0 radical (unpaired) electrons. The van der Waals surface area contributed by atoms with E-state index in [2.05, 4.69) is 73.0 Å². The zero-order valence-corrected chi connectivity index (χ0v) is 17.7. The summed E-state index contributed by atoms with van der Waals surface area (Å²) in [6.45, 7) is 7.90. The van der Waals surface area contributed by atoms with Gasteiger partial charge in [0.05, 0.1) is 18.8 Å². The number of methoxy groups -OCH3 is 2. The van der Waals surface area contributed by atoms with Crippen LogP contribution in [0, 0.1) is 0 Å². The Labute approximate surface area is 169 Å². The van der Waals surface area contributed by atoms with Crippen LogP contribution in [0.2, 0.25) is 0 Å². The molecule has 0 bridgehead atoms. The third-order valence-corrected chi connectivity index (χ3v) is 5.82.